The van der Waals surface area contributed by atoms with Crippen LogP contribution in [-0.2, 0) is 28.9 Å². The number of hydrogen-bond donors (Lipinski definition) is 1. The molecule has 8 heteroatoms. The minimum Gasteiger partial charge on any atom is -0.376 e. The lowest BCUT2D eigenvalue weighted by atomic mass is 10.2. The van der Waals surface area contributed by atoms with E-state index in [2.05, 4.69) is 0 Å². The largest absolute Gasteiger partial charge is 0.376 e. The molecule has 0 bridgehead atoms. The zero-order valence-electron chi connectivity index (χ0n) is 13.2. The molecule has 1 aliphatic heterocycles. The minimum absolute atomic E-state index is 0.00173. The van der Waals surface area contributed by atoms with Gasteiger partial charge in [0.15, 0.2) is 5.16 Å². The van der Waals surface area contributed by atoms with Crippen molar-refractivity contribution in [3.05, 3.63) is 20.8 Å². The van der Waals surface area contributed by atoms with E-state index in [4.69, 9.17) is 15.5 Å². The highest BCUT2D eigenvalue weighted by molar-refractivity contribution is 7.99. The second-order valence-electron chi connectivity index (χ2n) is 6.24. The third kappa shape index (κ3) is 2.87. The Kier molecular flexibility index (Phi) is 4.36. The summed E-state index contributed by atoms with van der Waals surface area (Å²) in [6.45, 7) is 1.24. The van der Waals surface area contributed by atoms with Crippen LogP contribution in [0.4, 0.5) is 0 Å². The number of rotatable bonds is 5. The third-order valence-electron chi connectivity index (χ3n) is 4.54. The van der Waals surface area contributed by atoms with Gasteiger partial charge in [-0.3, -0.25) is 14.2 Å². The van der Waals surface area contributed by atoms with Crippen LogP contribution < -0.4 is 11.3 Å². The number of hydrogen-bond acceptors (Lipinski definition) is 6. The Morgan fingerprint density at radius 1 is 1.42 bits per heavy atom. The van der Waals surface area contributed by atoms with E-state index >= 15 is 0 Å². The number of nitrogens with two attached hydrogens (primary N) is 1. The third-order valence-corrected chi connectivity index (χ3v) is 6.73. The van der Waals surface area contributed by atoms with Gasteiger partial charge in [0.05, 0.1) is 23.8 Å². The second kappa shape index (κ2) is 6.50. The van der Waals surface area contributed by atoms with Gasteiger partial charge in [0, 0.05) is 11.5 Å². The van der Waals surface area contributed by atoms with Gasteiger partial charge in [-0.1, -0.05) is 11.8 Å². The number of carbonyl (C=O) groups is 1. The first-order valence-electron chi connectivity index (χ1n) is 8.21. The molecule has 2 N–H and O–H groups in total. The maximum Gasteiger partial charge on any atom is 0.263 e. The van der Waals surface area contributed by atoms with Crippen LogP contribution in [0.15, 0.2) is 9.95 Å². The van der Waals surface area contributed by atoms with E-state index in [0.717, 1.165) is 48.9 Å². The smallest absolute Gasteiger partial charge is 0.263 e. The van der Waals surface area contributed by atoms with Crippen molar-refractivity contribution >= 4 is 39.2 Å². The molecule has 2 aromatic heterocycles. The summed E-state index contributed by atoms with van der Waals surface area (Å²) in [6, 6.07) is 0. The predicted octanol–water partition coefficient (Wildman–Crippen LogP) is 1.70. The normalized spacial score (nSPS) is 19.9. The molecule has 24 heavy (non-hydrogen) atoms. The monoisotopic (exact) mass is 365 g/mol. The Morgan fingerprint density at radius 3 is 3.04 bits per heavy atom. The first-order valence-corrected chi connectivity index (χ1v) is 10.0. The fraction of sp³-hybridized carbons (Fsp3) is 0.562. The maximum atomic E-state index is 13.1. The lowest BCUT2D eigenvalue weighted by molar-refractivity contribution is -0.115. The summed E-state index contributed by atoms with van der Waals surface area (Å²) >= 11 is 2.85. The van der Waals surface area contributed by atoms with E-state index in [1.165, 1.54) is 22.2 Å². The Morgan fingerprint density at radius 2 is 2.29 bits per heavy atom. The van der Waals surface area contributed by atoms with Crippen molar-refractivity contribution in [1.29, 1.82) is 0 Å². The first-order chi connectivity index (χ1) is 11.6. The van der Waals surface area contributed by atoms with Crippen LogP contribution in [0.1, 0.15) is 29.7 Å². The quantitative estimate of drug-likeness (QED) is 0.644. The maximum absolute atomic E-state index is 13.1. The Labute approximate surface area is 147 Å². The average molecular weight is 365 g/mol. The fourth-order valence-electron chi connectivity index (χ4n) is 3.46. The van der Waals surface area contributed by atoms with E-state index in [1.54, 1.807) is 15.9 Å². The number of primary amides is 1. The summed E-state index contributed by atoms with van der Waals surface area (Å²) in [5, 5.41) is 1.34. The van der Waals surface area contributed by atoms with Crippen molar-refractivity contribution in [2.24, 2.45) is 5.73 Å². The van der Waals surface area contributed by atoms with Gasteiger partial charge < -0.3 is 10.5 Å². The van der Waals surface area contributed by atoms with E-state index in [9.17, 15) is 9.59 Å². The van der Waals surface area contributed by atoms with Gasteiger partial charge in [0.2, 0.25) is 5.91 Å². The molecule has 1 fully saturated rings. The molecule has 1 amide bonds. The standard InChI is InChI=1S/C16H19N3O3S2/c17-12(20)8-23-16-18-14-13(10-4-1-5-11(10)24-14)15(21)19(16)7-9-3-2-6-22-9/h9H,1-8H2,(H2,17,20)/t9-/m1/s1. The average Bonchev–Trinajstić information content (AvgIpc) is 3.24. The molecular weight excluding hydrogens is 346 g/mol. The Balaban J connectivity index is 1.81. The van der Waals surface area contributed by atoms with Crippen molar-refractivity contribution in [3.8, 4) is 0 Å². The van der Waals surface area contributed by atoms with Gasteiger partial charge >= 0.3 is 0 Å². The van der Waals surface area contributed by atoms with Crippen LogP contribution >= 0.6 is 23.1 Å². The van der Waals surface area contributed by atoms with Crippen LogP contribution in [0.2, 0.25) is 0 Å². The van der Waals surface area contributed by atoms with Gasteiger partial charge in [0.1, 0.15) is 4.83 Å². The summed E-state index contributed by atoms with van der Waals surface area (Å²) in [5.74, 6) is -0.291. The van der Waals surface area contributed by atoms with Crippen molar-refractivity contribution in [2.45, 2.75) is 49.9 Å². The van der Waals surface area contributed by atoms with E-state index in [1.807, 2.05) is 0 Å². The molecule has 128 valence electrons. The molecule has 4 rings (SSSR count). The summed E-state index contributed by atoms with van der Waals surface area (Å²) in [5.41, 5.74) is 6.45. The SMILES string of the molecule is NC(=O)CSc1nc2sc3c(c2c(=O)n1C[C@H]1CCCO1)CCC3. The molecule has 0 saturated carbocycles. The van der Waals surface area contributed by atoms with Crippen molar-refractivity contribution < 1.29 is 9.53 Å². The fourth-order valence-corrected chi connectivity index (χ4v) is 5.51. The number of aromatic nitrogens is 2. The molecule has 1 atom stereocenters. The summed E-state index contributed by atoms with van der Waals surface area (Å²) in [6.07, 6.45) is 5.12. The molecule has 1 aliphatic carbocycles. The molecule has 6 nitrogen and oxygen atoms in total. The number of thioether (sulfide) groups is 1. The number of amides is 1. The highest BCUT2D eigenvalue weighted by atomic mass is 32.2. The predicted molar refractivity (Wildman–Crippen MR) is 94.8 cm³/mol. The van der Waals surface area contributed by atoms with Crippen LogP contribution in [0.3, 0.4) is 0 Å². The number of fused-ring (bicyclic) bond motifs is 3. The topological polar surface area (TPSA) is 87.2 Å². The van der Waals surface area contributed by atoms with Gasteiger partial charge in [0.25, 0.3) is 5.56 Å². The lowest BCUT2D eigenvalue weighted by Gasteiger charge is -2.15. The Hall–Kier alpha value is -1.38. The molecule has 2 aromatic rings. The number of aryl methyl sites for hydroxylation is 2. The van der Waals surface area contributed by atoms with Gasteiger partial charge in [-0.2, -0.15) is 0 Å². The molecule has 1 saturated heterocycles. The highest BCUT2D eigenvalue weighted by Crippen LogP contribution is 2.35. The summed E-state index contributed by atoms with van der Waals surface area (Å²) < 4.78 is 7.38. The first kappa shape index (κ1) is 16.1. The van der Waals surface area contributed by atoms with E-state index in [0.29, 0.717) is 11.7 Å². The molecule has 0 unspecified atom stereocenters. The molecule has 0 aromatic carbocycles. The zero-order chi connectivity index (χ0) is 16.7. The van der Waals surface area contributed by atoms with Crippen LogP contribution in [0.5, 0.6) is 0 Å². The molecule has 0 spiro atoms. The Bertz CT molecular complexity index is 852. The molecule has 3 heterocycles. The molecule has 0 radical (unpaired) electrons. The van der Waals surface area contributed by atoms with E-state index < -0.39 is 5.91 Å². The zero-order valence-corrected chi connectivity index (χ0v) is 14.9. The van der Waals surface area contributed by atoms with Crippen molar-refractivity contribution in [1.82, 2.24) is 9.55 Å². The minimum atomic E-state index is -0.410. The number of ether oxygens (including phenoxy) is 1. The van der Waals surface area contributed by atoms with E-state index in [-0.39, 0.29) is 17.4 Å². The second-order valence-corrected chi connectivity index (χ2v) is 8.26. The summed E-state index contributed by atoms with van der Waals surface area (Å²) in [7, 11) is 0. The highest BCUT2D eigenvalue weighted by Gasteiger charge is 2.25. The van der Waals surface area contributed by atoms with Gasteiger partial charge in [-0.05, 0) is 37.7 Å². The van der Waals surface area contributed by atoms with Gasteiger partial charge in [-0.15, -0.1) is 11.3 Å². The van der Waals surface area contributed by atoms with Crippen LogP contribution in [0, 0.1) is 0 Å². The van der Waals surface area contributed by atoms with Crippen molar-refractivity contribution in [2.75, 3.05) is 12.4 Å². The lowest BCUT2D eigenvalue weighted by Crippen LogP contribution is -2.29. The van der Waals surface area contributed by atoms with Crippen molar-refractivity contribution in [3.63, 3.8) is 0 Å². The number of carbonyl (C=O) groups excluding carboxylic acids is 1. The molecular formula is C16H19N3O3S2. The number of nitrogens with zero attached hydrogens (tertiary/aromatic N) is 2. The van der Waals surface area contributed by atoms with Gasteiger partial charge in [-0.25, -0.2) is 4.98 Å². The van der Waals surface area contributed by atoms with Crippen LogP contribution in [-0.4, -0.2) is 33.9 Å². The summed E-state index contributed by atoms with van der Waals surface area (Å²) in [4.78, 5) is 31.1. The number of thiophene rings is 1. The van der Waals surface area contributed by atoms with Crippen LogP contribution in [0.25, 0.3) is 10.2 Å². The molecule has 2 aliphatic rings.